The maximum atomic E-state index is 11.1. The predicted molar refractivity (Wildman–Crippen MR) is 64.7 cm³/mol. The second-order valence-electron chi connectivity index (χ2n) is 3.97. The van der Waals surface area contributed by atoms with E-state index in [9.17, 15) is 4.79 Å². The molecule has 1 N–H and O–H groups in total. The first-order chi connectivity index (χ1) is 8.06. The largest absolute Gasteiger partial charge is 0.489 e. The second kappa shape index (κ2) is 6.25. The summed E-state index contributed by atoms with van der Waals surface area (Å²) in [5.74, 6) is -0.522. The summed E-state index contributed by atoms with van der Waals surface area (Å²) in [5, 5.41) is 9.07. The van der Waals surface area contributed by atoms with Gasteiger partial charge in [0.25, 0.3) is 0 Å². The predicted octanol–water partition coefficient (Wildman–Crippen LogP) is 2.50. The van der Waals surface area contributed by atoms with Crippen molar-refractivity contribution >= 4 is 5.97 Å². The molecule has 4 heteroatoms. The van der Waals surface area contributed by atoms with Gasteiger partial charge in [-0.2, -0.15) is 0 Å². The minimum atomic E-state index is -0.970. The number of hydrogen-bond acceptors (Lipinski definition) is 3. The number of hydrogen-bond donors (Lipinski definition) is 1. The Kier molecular flexibility index (Phi) is 4.97. The Balaban J connectivity index is 2.85. The molecular formula is C13H18O4. The number of rotatable bonds is 6. The first-order valence-electron chi connectivity index (χ1n) is 5.54. The highest BCUT2D eigenvalue weighted by Gasteiger charge is 2.15. The molecule has 4 nitrogen and oxygen atoms in total. The number of methoxy groups -OCH3 is 1. The van der Waals surface area contributed by atoms with Gasteiger partial charge in [0.15, 0.2) is 0 Å². The van der Waals surface area contributed by atoms with Gasteiger partial charge in [-0.3, -0.25) is 0 Å². The van der Waals surface area contributed by atoms with E-state index >= 15 is 0 Å². The van der Waals surface area contributed by atoms with Crippen molar-refractivity contribution in [2.24, 2.45) is 0 Å². The van der Waals surface area contributed by atoms with Gasteiger partial charge < -0.3 is 14.6 Å². The number of benzene rings is 1. The first-order valence-corrected chi connectivity index (χ1v) is 5.54. The fourth-order valence-corrected chi connectivity index (χ4v) is 1.52. The van der Waals surface area contributed by atoms with Gasteiger partial charge in [-0.15, -0.1) is 0 Å². The van der Waals surface area contributed by atoms with Gasteiger partial charge >= 0.3 is 5.97 Å². The molecule has 1 rings (SSSR count). The summed E-state index contributed by atoms with van der Waals surface area (Å²) in [6.07, 6.45) is 0.651. The number of carbonyl (C=O) groups is 1. The molecule has 0 heterocycles. The summed E-state index contributed by atoms with van der Waals surface area (Å²) in [6, 6.07) is 5.10. The molecule has 0 saturated carbocycles. The van der Waals surface area contributed by atoms with E-state index in [1.807, 2.05) is 19.9 Å². The van der Waals surface area contributed by atoms with Crippen molar-refractivity contribution in [3.05, 3.63) is 29.3 Å². The van der Waals surface area contributed by atoms with Gasteiger partial charge in [0.05, 0.1) is 6.10 Å². The molecule has 0 aromatic heterocycles. The SMILES string of the molecule is COCCC(C)Oc1c(C)cccc1C(=O)O. The van der Waals surface area contributed by atoms with Crippen molar-refractivity contribution in [2.45, 2.75) is 26.4 Å². The average Bonchev–Trinajstić information content (AvgIpc) is 2.28. The zero-order valence-corrected chi connectivity index (χ0v) is 10.4. The molecule has 17 heavy (non-hydrogen) atoms. The van der Waals surface area contributed by atoms with Gasteiger partial charge in [-0.05, 0) is 25.5 Å². The highest BCUT2D eigenvalue weighted by Crippen LogP contribution is 2.25. The van der Waals surface area contributed by atoms with Crippen molar-refractivity contribution in [2.75, 3.05) is 13.7 Å². The van der Waals surface area contributed by atoms with Crippen LogP contribution in [0.25, 0.3) is 0 Å². The molecular weight excluding hydrogens is 220 g/mol. The normalized spacial score (nSPS) is 12.2. The highest BCUT2D eigenvalue weighted by atomic mass is 16.5. The monoisotopic (exact) mass is 238 g/mol. The topological polar surface area (TPSA) is 55.8 Å². The maximum absolute atomic E-state index is 11.1. The molecule has 1 aromatic carbocycles. The molecule has 0 spiro atoms. The number of carboxylic acids is 1. The fourth-order valence-electron chi connectivity index (χ4n) is 1.52. The Morgan fingerprint density at radius 1 is 1.47 bits per heavy atom. The molecule has 94 valence electrons. The van der Waals surface area contributed by atoms with Gasteiger partial charge in [-0.25, -0.2) is 4.79 Å². The van der Waals surface area contributed by atoms with E-state index in [4.69, 9.17) is 14.6 Å². The summed E-state index contributed by atoms with van der Waals surface area (Å²) in [6.45, 7) is 4.33. The Hall–Kier alpha value is -1.55. The second-order valence-corrected chi connectivity index (χ2v) is 3.97. The Morgan fingerprint density at radius 2 is 2.18 bits per heavy atom. The van der Waals surface area contributed by atoms with E-state index in [0.717, 1.165) is 12.0 Å². The van der Waals surface area contributed by atoms with Crippen LogP contribution in [0.3, 0.4) is 0 Å². The van der Waals surface area contributed by atoms with E-state index in [0.29, 0.717) is 12.4 Å². The van der Waals surface area contributed by atoms with Gasteiger partial charge in [0.2, 0.25) is 0 Å². The van der Waals surface area contributed by atoms with E-state index in [-0.39, 0.29) is 11.7 Å². The molecule has 0 radical (unpaired) electrons. The third kappa shape index (κ3) is 3.75. The van der Waals surface area contributed by atoms with Crippen LogP contribution in [-0.2, 0) is 4.74 Å². The Morgan fingerprint density at radius 3 is 2.76 bits per heavy atom. The summed E-state index contributed by atoms with van der Waals surface area (Å²) in [7, 11) is 1.63. The lowest BCUT2D eigenvalue weighted by molar-refractivity contribution is 0.0687. The van der Waals surface area contributed by atoms with Crippen LogP contribution in [0.2, 0.25) is 0 Å². The minimum Gasteiger partial charge on any atom is -0.489 e. The van der Waals surface area contributed by atoms with E-state index in [1.54, 1.807) is 19.2 Å². The molecule has 0 aliphatic rings. The molecule has 0 bridgehead atoms. The van der Waals surface area contributed by atoms with Crippen molar-refractivity contribution in [1.29, 1.82) is 0 Å². The van der Waals surface area contributed by atoms with Crippen LogP contribution >= 0.6 is 0 Å². The number of aryl methyl sites for hydroxylation is 1. The molecule has 1 atom stereocenters. The number of aromatic carboxylic acids is 1. The van der Waals surface area contributed by atoms with Gasteiger partial charge in [0.1, 0.15) is 11.3 Å². The number of para-hydroxylation sites is 1. The summed E-state index contributed by atoms with van der Waals surface area (Å²) >= 11 is 0. The standard InChI is InChI=1S/C13H18O4/c1-9-5-4-6-11(13(14)15)12(9)17-10(2)7-8-16-3/h4-6,10H,7-8H2,1-3H3,(H,14,15). The lowest BCUT2D eigenvalue weighted by atomic mass is 10.1. The third-order valence-corrected chi connectivity index (χ3v) is 2.49. The van der Waals surface area contributed by atoms with Crippen molar-refractivity contribution in [1.82, 2.24) is 0 Å². The molecule has 1 aromatic rings. The van der Waals surface area contributed by atoms with Crippen LogP contribution in [0, 0.1) is 6.92 Å². The van der Waals surface area contributed by atoms with Crippen LogP contribution in [-0.4, -0.2) is 30.9 Å². The zero-order valence-electron chi connectivity index (χ0n) is 10.4. The smallest absolute Gasteiger partial charge is 0.339 e. The molecule has 0 saturated heterocycles. The van der Waals surface area contributed by atoms with E-state index in [1.165, 1.54) is 0 Å². The van der Waals surface area contributed by atoms with Crippen LogP contribution in [0.15, 0.2) is 18.2 Å². The quantitative estimate of drug-likeness (QED) is 0.827. The number of carboxylic acid groups (broad SMARTS) is 1. The third-order valence-electron chi connectivity index (χ3n) is 2.49. The van der Waals surface area contributed by atoms with E-state index in [2.05, 4.69) is 0 Å². The van der Waals surface area contributed by atoms with Crippen LogP contribution in [0.5, 0.6) is 5.75 Å². The van der Waals surface area contributed by atoms with Crippen molar-refractivity contribution < 1.29 is 19.4 Å². The summed E-state index contributed by atoms with van der Waals surface area (Å²) < 4.78 is 10.6. The lowest BCUT2D eigenvalue weighted by Crippen LogP contribution is -2.16. The fraction of sp³-hybridized carbons (Fsp3) is 0.462. The van der Waals surface area contributed by atoms with Crippen LogP contribution in [0.4, 0.5) is 0 Å². The lowest BCUT2D eigenvalue weighted by Gasteiger charge is -2.17. The van der Waals surface area contributed by atoms with Crippen molar-refractivity contribution in [3.63, 3.8) is 0 Å². The van der Waals surface area contributed by atoms with Gasteiger partial charge in [-0.1, -0.05) is 12.1 Å². The Bertz CT molecular complexity index is 387. The van der Waals surface area contributed by atoms with Gasteiger partial charge in [0, 0.05) is 20.1 Å². The van der Waals surface area contributed by atoms with Crippen LogP contribution < -0.4 is 4.74 Å². The minimum absolute atomic E-state index is 0.0749. The molecule has 0 aliphatic carbocycles. The molecule has 1 unspecified atom stereocenters. The average molecular weight is 238 g/mol. The summed E-state index contributed by atoms with van der Waals surface area (Å²) in [5.41, 5.74) is 1.03. The van der Waals surface area contributed by atoms with E-state index < -0.39 is 5.97 Å². The molecule has 0 fully saturated rings. The maximum Gasteiger partial charge on any atom is 0.339 e. The first kappa shape index (κ1) is 13.5. The molecule has 0 amide bonds. The summed E-state index contributed by atoms with van der Waals surface area (Å²) in [4.78, 5) is 11.1. The molecule has 0 aliphatic heterocycles. The van der Waals surface area contributed by atoms with Crippen molar-refractivity contribution in [3.8, 4) is 5.75 Å². The number of ether oxygens (including phenoxy) is 2. The zero-order chi connectivity index (χ0) is 12.8. The highest BCUT2D eigenvalue weighted by molar-refractivity contribution is 5.91. The van der Waals surface area contributed by atoms with Crippen LogP contribution in [0.1, 0.15) is 29.3 Å². The Labute approximate surface area is 101 Å².